The Kier molecular flexibility index (Phi) is 4.50. The SMILES string of the molecule is CC(C)NC(N)=NCC1=CCCCC1. The summed E-state index contributed by atoms with van der Waals surface area (Å²) in [6, 6.07) is 0.360. The van der Waals surface area contributed by atoms with E-state index in [1.165, 1.54) is 31.3 Å². The van der Waals surface area contributed by atoms with Gasteiger partial charge in [0, 0.05) is 6.04 Å². The molecule has 1 aliphatic rings. The Hall–Kier alpha value is -0.990. The Bertz CT molecular complexity index is 229. The molecule has 0 unspecified atom stereocenters. The Labute approximate surface area is 86.5 Å². The Morgan fingerprint density at radius 3 is 2.93 bits per heavy atom. The fourth-order valence-electron chi connectivity index (χ4n) is 1.58. The lowest BCUT2D eigenvalue weighted by atomic mass is 10.00. The maximum Gasteiger partial charge on any atom is 0.189 e. The number of allylic oxidation sites excluding steroid dienone is 1. The Morgan fingerprint density at radius 1 is 1.57 bits per heavy atom. The van der Waals surface area contributed by atoms with Crippen LogP contribution >= 0.6 is 0 Å². The van der Waals surface area contributed by atoms with Crippen molar-refractivity contribution < 1.29 is 0 Å². The molecular formula is C11H21N3. The van der Waals surface area contributed by atoms with Crippen LogP contribution < -0.4 is 11.1 Å². The molecule has 1 rings (SSSR count). The third kappa shape index (κ3) is 4.30. The number of guanidine groups is 1. The molecule has 0 bridgehead atoms. The van der Waals surface area contributed by atoms with Gasteiger partial charge in [0.15, 0.2) is 5.96 Å². The van der Waals surface area contributed by atoms with Crippen LogP contribution in [0.5, 0.6) is 0 Å². The normalized spacial score (nSPS) is 18.2. The largest absolute Gasteiger partial charge is 0.370 e. The first-order valence-electron chi connectivity index (χ1n) is 5.43. The second-order valence-corrected chi connectivity index (χ2v) is 4.11. The molecule has 0 heterocycles. The van der Waals surface area contributed by atoms with E-state index < -0.39 is 0 Å². The van der Waals surface area contributed by atoms with Gasteiger partial charge in [0.1, 0.15) is 0 Å². The van der Waals surface area contributed by atoms with Gasteiger partial charge in [-0.15, -0.1) is 0 Å². The van der Waals surface area contributed by atoms with Crippen LogP contribution in [0.4, 0.5) is 0 Å². The van der Waals surface area contributed by atoms with Gasteiger partial charge in [0.05, 0.1) is 6.54 Å². The lowest BCUT2D eigenvalue weighted by Crippen LogP contribution is -2.36. The molecule has 0 saturated heterocycles. The van der Waals surface area contributed by atoms with Gasteiger partial charge in [-0.1, -0.05) is 11.6 Å². The first-order valence-corrected chi connectivity index (χ1v) is 5.43. The number of nitrogens with two attached hydrogens (primary N) is 1. The lowest BCUT2D eigenvalue weighted by Gasteiger charge is -2.12. The second-order valence-electron chi connectivity index (χ2n) is 4.11. The van der Waals surface area contributed by atoms with Gasteiger partial charge < -0.3 is 11.1 Å². The molecule has 0 aromatic carbocycles. The van der Waals surface area contributed by atoms with E-state index in [0.717, 1.165) is 6.54 Å². The van der Waals surface area contributed by atoms with Crippen molar-refractivity contribution in [1.82, 2.24) is 5.32 Å². The minimum atomic E-state index is 0.360. The van der Waals surface area contributed by atoms with Crippen LogP contribution in [-0.2, 0) is 0 Å². The molecule has 0 aliphatic heterocycles. The van der Waals surface area contributed by atoms with Crippen LogP contribution in [0.1, 0.15) is 39.5 Å². The third-order valence-electron chi connectivity index (χ3n) is 2.27. The zero-order valence-electron chi connectivity index (χ0n) is 9.21. The van der Waals surface area contributed by atoms with E-state index in [1.807, 2.05) is 0 Å². The summed E-state index contributed by atoms with van der Waals surface area (Å²) in [5.74, 6) is 0.562. The van der Waals surface area contributed by atoms with E-state index in [4.69, 9.17) is 5.73 Å². The number of hydrogen-bond acceptors (Lipinski definition) is 1. The van der Waals surface area contributed by atoms with E-state index in [-0.39, 0.29) is 0 Å². The molecule has 0 aromatic rings. The molecule has 80 valence electrons. The molecule has 1 aliphatic carbocycles. The van der Waals surface area contributed by atoms with Crippen LogP contribution in [0, 0.1) is 0 Å². The topological polar surface area (TPSA) is 50.4 Å². The van der Waals surface area contributed by atoms with Crippen LogP contribution in [0.3, 0.4) is 0 Å². The molecule has 0 saturated carbocycles. The van der Waals surface area contributed by atoms with Gasteiger partial charge in [-0.25, -0.2) is 4.99 Å². The molecule has 0 atom stereocenters. The Balaban J connectivity index is 2.33. The van der Waals surface area contributed by atoms with Crippen molar-refractivity contribution in [1.29, 1.82) is 0 Å². The molecule has 3 nitrogen and oxygen atoms in total. The molecule has 0 spiro atoms. The number of aliphatic imine (C=N–C) groups is 1. The van der Waals surface area contributed by atoms with E-state index in [9.17, 15) is 0 Å². The highest BCUT2D eigenvalue weighted by molar-refractivity contribution is 5.78. The summed E-state index contributed by atoms with van der Waals surface area (Å²) in [7, 11) is 0. The maximum atomic E-state index is 5.70. The molecule has 3 N–H and O–H groups in total. The quantitative estimate of drug-likeness (QED) is 0.410. The fourth-order valence-corrected chi connectivity index (χ4v) is 1.58. The van der Waals surface area contributed by atoms with Crippen LogP contribution in [-0.4, -0.2) is 18.5 Å². The van der Waals surface area contributed by atoms with Crippen LogP contribution in [0.25, 0.3) is 0 Å². The van der Waals surface area contributed by atoms with Crippen molar-refractivity contribution >= 4 is 5.96 Å². The lowest BCUT2D eigenvalue weighted by molar-refractivity contribution is 0.687. The van der Waals surface area contributed by atoms with Gasteiger partial charge in [-0.2, -0.15) is 0 Å². The monoisotopic (exact) mass is 195 g/mol. The number of hydrogen-bond donors (Lipinski definition) is 2. The molecule has 14 heavy (non-hydrogen) atoms. The average Bonchev–Trinajstić information content (AvgIpc) is 2.15. The van der Waals surface area contributed by atoms with E-state index in [0.29, 0.717) is 12.0 Å². The zero-order valence-corrected chi connectivity index (χ0v) is 9.21. The number of nitrogens with zero attached hydrogens (tertiary/aromatic N) is 1. The standard InChI is InChI=1S/C11H21N3/c1-9(2)14-11(12)13-8-10-6-4-3-5-7-10/h6,9H,3-5,7-8H2,1-2H3,(H3,12,13,14). The number of nitrogens with one attached hydrogen (secondary N) is 1. The van der Waals surface area contributed by atoms with E-state index in [2.05, 4.69) is 30.2 Å². The van der Waals surface area contributed by atoms with Gasteiger partial charge in [0.25, 0.3) is 0 Å². The maximum absolute atomic E-state index is 5.70. The first-order chi connectivity index (χ1) is 6.68. The van der Waals surface area contributed by atoms with E-state index >= 15 is 0 Å². The number of rotatable bonds is 3. The van der Waals surface area contributed by atoms with Crippen molar-refractivity contribution in [3.05, 3.63) is 11.6 Å². The van der Waals surface area contributed by atoms with Crippen LogP contribution in [0.15, 0.2) is 16.6 Å². The summed E-state index contributed by atoms with van der Waals surface area (Å²) >= 11 is 0. The average molecular weight is 195 g/mol. The van der Waals surface area contributed by atoms with Crippen molar-refractivity contribution in [3.8, 4) is 0 Å². The highest BCUT2D eigenvalue weighted by Gasteiger charge is 2.02. The predicted molar refractivity (Wildman–Crippen MR) is 61.3 cm³/mol. The van der Waals surface area contributed by atoms with Gasteiger partial charge in [-0.05, 0) is 39.5 Å². The van der Waals surface area contributed by atoms with Crippen molar-refractivity contribution in [3.63, 3.8) is 0 Å². The summed E-state index contributed by atoms with van der Waals surface area (Å²) in [5.41, 5.74) is 7.14. The minimum absolute atomic E-state index is 0.360. The smallest absolute Gasteiger partial charge is 0.189 e. The fraction of sp³-hybridized carbons (Fsp3) is 0.727. The first kappa shape index (κ1) is 11.1. The molecule has 0 fully saturated rings. The highest BCUT2D eigenvalue weighted by Crippen LogP contribution is 2.16. The molecule has 3 heteroatoms. The van der Waals surface area contributed by atoms with E-state index in [1.54, 1.807) is 0 Å². The summed E-state index contributed by atoms with van der Waals surface area (Å²) < 4.78 is 0. The van der Waals surface area contributed by atoms with Gasteiger partial charge in [0.2, 0.25) is 0 Å². The molecule has 0 aromatic heterocycles. The van der Waals surface area contributed by atoms with Crippen LogP contribution in [0.2, 0.25) is 0 Å². The van der Waals surface area contributed by atoms with Crippen molar-refractivity contribution in [2.75, 3.05) is 6.54 Å². The highest BCUT2D eigenvalue weighted by atomic mass is 15.1. The minimum Gasteiger partial charge on any atom is -0.370 e. The van der Waals surface area contributed by atoms with Gasteiger partial charge in [-0.3, -0.25) is 0 Å². The van der Waals surface area contributed by atoms with Crippen molar-refractivity contribution in [2.24, 2.45) is 10.7 Å². The second kappa shape index (κ2) is 5.68. The summed E-state index contributed by atoms with van der Waals surface area (Å²) in [5, 5.41) is 3.08. The van der Waals surface area contributed by atoms with Gasteiger partial charge >= 0.3 is 0 Å². The summed E-state index contributed by atoms with van der Waals surface area (Å²) in [6.45, 7) is 4.88. The molecule has 0 radical (unpaired) electrons. The molecule has 0 amide bonds. The molecular weight excluding hydrogens is 174 g/mol. The summed E-state index contributed by atoms with van der Waals surface area (Å²) in [6.07, 6.45) is 7.34. The third-order valence-corrected chi connectivity index (χ3v) is 2.27. The summed E-state index contributed by atoms with van der Waals surface area (Å²) in [4.78, 5) is 4.30. The zero-order chi connectivity index (χ0) is 10.4. The Morgan fingerprint density at radius 2 is 2.36 bits per heavy atom. The predicted octanol–water partition coefficient (Wildman–Crippen LogP) is 1.80. The van der Waals surface area contributed by atoms with Crippen molar-refractivity contribution in [2.45, 2.75) is 45.6 Å².